The molecule has 6 nitrogen and oxygen atoms in total. The van der Waals surface area contributed by atoms with E-state index >= 15 is 0 Å². The highest BCUT2D eigenvalue weighted by molar-refractivity contribution is 7.14. The number of ketones is 1. The molecule has 1 fully saturated rings. The summed E-state index contributed by atoms with van der Waals surface area (Å²) in [6, 6.07) is 15.9. The van der Waals surface area contributed by atoms with Gasteiger partial charge in [0.1, 0.15) is 0 Å². The number of amides is 1. The minimum Gasteiger partial charge on any atom is -0.454 e. The van der Waals surface area contributed by atoms with Gasteiger partial charge in [-0.15, -0.1) is 11.3 Å². The fourth-order valence-corrected chi connectivity index (χ4v) is 4.34. The van der Waals surface area contributed by atoms with Crippen LogP contribution in [-0.4, -0.2) is 35.3 Å². The molecule has 158 valence electrons. The first kappa shape index (κ1) is 21.2. The molecule has 1 aromatic heterocycles. The van der Waals surface area contributed by atoms with Crippen LogP contribution in [0.4, 0.5) is 5.13 Å². The zero-order valence-corrected chi connectivity index (χ0v) is 18.2. The number of rotatable bonds is 6. The number of carbonyl (C=O) groups excluding carboxylic acids is 3. The summed E-state index contributed by atoms with van der Waals surface area (Å²) in [5.74, 6) is -1.66. The molecule has 0 aliphatic carbocycles. The normalized spacial score (nSPS) is 16.9. The summed E-state index contributed by atoms with van der Waals surface area (Å²) in [5, 5.41) is 3.02. The van der Waals surface area contributed by atoms with E-state index in [4.69, 9.17) is 16.3 Å². The molecule has 0 unspecified atom stereocenters. The van der Waals surface area contributed by atoms with Gasteiger partial charge in [0.05, 0.1) is 11.6 Å². The zero-order valence-electron chi connectivity index (χ0n) is 16.7. The molecule has 1 aliphatic rings. The van der Waals surface area contributed by atoms with Crippen LogP contribution in [0.3, 0.4) is 0 Å². The second-order valence-corrected chi connectivity index (χ2v) is 8.51. The number of hydrogen-bond acceptors (Lipinski definition) is 6. The fourth-order valence-electron chi connectivity index (χ4n) is 3.35. The lowest BCUT2D eigenvalue weighted by atomic mass is 10.1. The van der Waals surface area contributed by atoms with Crippen molar-refractivity contribution < 1.29 is 19.1 Å². The van der Waals surface area contributed by atoms with Crippen LogP contribution in [0.1, 0.15) is 23.7 Å². The number of Topliss-reactive ketones (excluding diaryl/α,β-unsaturated/α-hetero) is 1. The van der Waals surface area contributed by atoms with Gasteiger partial charge in [0.15, 0.2) is 11.2 Å². The van der Waals surface area contributed by atoms with Crippen LogP contribution in [-0.2, 0) is 14.3 Å². The largest absolute Gasteiger partial charge is 0.454 e. The average molecular weight is 455 g/mol. The number of esters is 1. The van der Waals surface area contributed by atoms with Gasteiger partial charge in [0.2, 0.25) is 11.7 Å². The highest BCUT2D eigenvalue weighted by Crippen LogP contribution is 2.32. The highest BCUT2D eigenvalue weighted by Gasteiger charge is 2.38. The van der Waals surface area contributed by atoms with E-state index in [1.54, 1.807) is 43.3 Å². The monoisotopic (exact) mass is 454 g/mol. The number of aromatic nitrogens is 1. The first-order valence-electron chi connectivity index (χ1n) is 9.74. The average Bonchev–Trinajstić information content (AvgIpc) is 3.41. The lowest BCUT2D eigenvalue weighted by Gasteiger charge is -2.16. The molecule has 0 saturated carbocycles. The Morgan fingerprint density at radius 1 is 1.16 bits per heavy atom. The van der Waals surface area contributed by atoms with Crippen molar-refractivity contribution >= 4 is 45.7 Å². The van der Waals surface area contributed by atoms with E-state index in [0.717, 1.165) is 11.3 Å². The third-order valence-corrected chi connectivity index (χ3v) is 6.16. The number of carbonyl (C=O) groups is 3. The van der Waals surface area contributed by atoms with E-state index in [-0.39, 0.29) is 24.7 Å². The first-order valence-corrected chi connectivity index (χ1v) is 11.0. The Balaban J connectivity index is 1.40. The summed E-state index contributed by atoms with van der Waals surface area (Å²) in [7, 11) is 0. The number of ether oxygens (including phenoxy) is 1. The zero-order chi connectivity index (χ0) is 22.0. The van der Waals surface area contributed by atoms with Crippen LogP contribution in [0.5, 0.6) is 0 Å². The van der Waals surface area contributed by atoms with Crippen molar-refractivity contribution in [2.24, 2.45) is 5.92 Å². The van der Waals surface area contributed by atoms with Gasteiger partial charge in [-0.3, -0.25) is 19.3 Å². The molecule has 4 rings (SSSR count). The number of hydrogen-bond donors (Lipinski definition) is 0. The van der Waals surface area contributed by atoms with Crippen LogP contribution < -0.4 is 4.90 Å². The smallest absolute Gasteiger partial charge is 0.312 e. The molecule has 2 heterocycles. The van der Waals surface area contributed by atoms with Crippen LogP contribution in [0.2, 0.25) is 5.02 Å². The van der Waals surface area contributed by atoms with Gasteiger partial charge < -0.3 is 4.74 Å². The van der Waals surface area contributed by atoms with E-state index in [2.05, 4.69) is 4.98 Å². The number of halogens is 1. The number of anilines is 1. The van der Waals surface area contributed by atoms with Gasteiger partial charge in [-0.1, -0.05) is 54.1 Å². The SMILES string of the molecule is C[C@@H](OC(=O)[C@@H]1CC(=O)N(c2nc(-c3ccc(Cl)cc3)cs2)C1)C(=O)c1ccccc1. The first-order chi connectivity index (χ1) is 14.9. The maximum absolute atomic E-state index is 12.6. The molecule has 0 radical (unpaired) electrons. The molecule has 8 heteroatoms. The van der Waals surface area contributed by atoms with E-state index in [0.29, 0.717) is 15.7 Å². The number of thiazole rings is 1. The minimum atomic E-state index is -0.921. The predicted octanol–water partition coefficient (Wildman–Crippen LogP) is 4.63. The lowest BCUT2D eigenvalue weighted by molar-refractivity contribution is -0.151. The Labute approximate surface area is 188 Å². The summed E-state index contributed by atoms with van der Waals surface area (Å²) in [5.41, 5.74) is 2.10. The van der Waals surface area contributed by atoms with Gasteiger partial charge in [-0.25, -0.2) is 4.98 Å². The van der Waals surface area contributed by atoms with Crippen molar-refractivity contribution in [3.63, 3.8) is 0 Å². The maximum Gasteiger partial charge on any atom is 0.312 e. The van der Waals surface area contributed by atoms with Crippen molar-refractivity contribution in [2.45, 2.75) is 19.4 Å². The van der Waals surface area contributed by atoms with E-state index < -0.39 is 18.0 Å². The maximum atomic E-state index is 12.6. The fraction of sp³-hybridized carbons (Fsp3) is 0.217. The Morgan fingerprint density at radius 2 is 1.87 bits per heavy atom. The van der Waals surface area contributed by atoms with Gasteiger partial charge in [-0.05, 0) is 19.1 Å². The molecule has 3 aromatic rings. The van der Waals surface area contributed by atoms with Gasteiger partial charge in [0, 0.05) is 34.5 Å². The van der Waals surface area contributed by atoms with Crippen molar-refractivity contribution in [2.75, 3.05) is 11.4 Å². The Morgan fingerprint density at radius 3 is 2.58 bits per heavy atom. The predicted molar refractivity (Wildman–Crippen MR) is 119 cm³/mol. The van der Waals surface area contributed by atoms with Gasteiger partial charge in [0.25, 0.3) is 0 Å². The van der Waals surface area contributed by atoms with E-state index in [9.17, 15) is 14.4 Å². The summed E-state index contributed by atoms with van der Waals surface area (Å²) >= 11 is 7.26. The third-order valence-electron chi connectivity index (χ3n) is 5.04. The second kappa shape index (κ2) is 8.99. The molecule has 0 bridgehead atoms. The lowest BCUT2D eigenvalue weighted by Crippen LogP contribution is -2.30. The topological polar surface area (TPSA) is 76.6 Å². The van der Waals surface area contributed by atoms with Crippen molar-refractivity contribution in [3.8, 4) is 11.3 Å². The molecule has 31 heavy (non-hydrogen) atoms. The Kier molecular flexibility index (Phi) is 6.15. The van der Waals surface area contributed by atoms with Crippen molar-refractivity contribution in [1.29, 1.82) is 0 Å². The molecule has 1 saturated heterocycles. The molecular weight excluding hydrogens is 436 g/mol. The third kappa shape index (κ3) is 4.68. The molecule has 1 aliphatic heterocycles. The summed E-state index contributed by atoms with van der Waals surface area (Å²) in [6.07, 6.45) is -0.892. The van der Waals surface area contributed by atoms with Crippen LogP contribution in [0.25, 0.3) is 11.3 Å². The van der Waals surface area contributed by atoms with Gasteiger partial charge >= 0.3 is 5.97 Å². The number of benzene rings is 2. The molecular formula is C23H19ClN2O4S. The van der Waals surface area contributed by atoms with E-state index in [1.807, 2.05) is 23.6 Å². The number of nitrogens with zero attached hydrogens (tertiary/aromatic N) is 2. The minimum absolute atomic E-state index is 0.0287. The quantitative estimate of drug-likeness (QED) is 0.401. The highest BCUT2D eigenvalue weighted by atomic mass is 35.5. The second-order valence-electron chi connectivity index (χ2n) is 7.24. The molecule has 2 atom stereocenters. The van der Waals surface area contributed by atoms with Gasteiger partial charge in [-0.2, -0.15) is 0 Å². The molecule has 2 aromatic carbocycles. The van der Waals surface area contributed by atoms with Crippen LogP contribution >= 0.6 is 22.9 Å². The van der Waals surface area contributed by atoms with E-state index in [1.165, 1.54) is 16.2 Å². The standard InChI is InChI=1S/C23H19ClN2O4S/c1-14(21(28)16-5-3-2-4-6-16)30-22(29)17-11-20(27)26(12-17)23-25-19(13-31-23)15-7-9-18(24)10-8-15/h2-10,13-14,17H,11-12H2,1H3/t14-,17-/m1/s1. The van der Waals surface area contributed by atoms with Crippen molar-refractivity contribution in [1.82, 2.24) is 4.98 Å². The molecule has 0 spiro atoms. The Bertz CT molecular complexity index is 1110. The molecule has 0 N–H and O–H groups in total. The Hall–Kier alpha value is -3.03. The van der Waals surface area contributed by atoms with Crippen LogP contribution in [0, 0.1) is 5.92 Å². The van der Waals surface area contributed by atoms with Crippen molar-refractivity contribution in [3.05, 3.63) is 70.6 Å². The van der Waals surface area contributed by atoms with Crippen LogP contribution in [0.15, 0.2) is 60.0 Å². The summed E-state index contributed by atoms with van der Waals surface area (Å²) in [6.45, 7) is 1.72. The molecule has 1 amide bonds. The summed E-state index contributed by atoms with van der Waals surface area (Å²) < 4.78 is 5.37. The summed E-state index contributed by atoms with van der Waals surface area (Å²) in [4.78, 5) is 43.6.